The van der Waals surface area contributed by atoms with Crippen LogP contribution >= 0.6 is 11.8 Å². The lowest BCUT2D eigenvalue weighted by Crippen LogP contribution is -2.74. The normalized spacial score (nSPS) is 27.1. The number of hydrogen-bond acceptors (Lipinski definition) is 7. The molecule has 22 heavy (non-hydrogen) atoms. The third-order valence-electron chi connectivity index (χ3n) is 3.43. The fourth-order valence-corrected chi connectivity index (χ4v) is 3.76. The van der Waals surface area contributed by atoms with Crippen molar-refractivity contribution >= 4 is 29.5 Å². The molecular weight excluding hydrogens is 312 g/mol. The van der Waals surface area contributed by atoms with E-state index in [1.54, 1.807) is 0 Å². The van der Waals surface area contributed by atoms with Crippen LogP contribution in [-0.2, 0) is 20.9 Å². The zero-order chi connectivity index (χ0) is 15.9. The average molecular weight is 324 g/mol. The number of hydrogen-bond donors (Lipinski definition) is 2. The molecular formula is C11H12N6O4S. The van der Waals surface area contributed by atoms with E-state index in [1.165, 1.54) is 27.7 Å². The molecule has 10 nitrogen and oxygen atoms in total. The fraction of sp³-hybridized carbons (Fsp3) is 0.455. The van der Waals surface area contributed by atoms with Crippen molar-refractivity contribution in [1.29, 1.82) is 0 Å². The van der Waals surface area contributed by atoms with Crippen molar-refractivity contribution in [2.24, 2.45) is 0 Å². The Morgan fingerprint density at radius 1 is 1.55 bits per heavy atom. The summed E-state index contributed by atoms with van der Waals surface area (Å²) in [4.78, 5) is 36.5. The molecule has 3 heterocycles. The van der Waals surface area contributed by atoms with Gasteiger partial charge in [0.2, 0.25) is 11.8 Å². The van der Waals surface area contributed by atoms with E-state index in [0.29, 0.717) is 11.3 Å². The molecule has 3 rings (SSSR count). The Kier molecular flexibility index (Phi) is 3.56. The fourth-order valence-electron chi connectivity index (χ4n) is 2.45. The first kappa shape index (κ1) is 14.5. The average Bonchev–Trinajstić information content (AvgIpc) is 2.97. The number of β-lactam (4-membered cyclic amide) rings is 1. The largest absolute Gasteiger partial charge is 0.479 e. The van der Waals surface area contributed by atoms with Crippen LogP contribution in [0.15, 0.2) is 18.5 Å². The minimum Gasteiger partial charge on any atom is -0.479 e. The van der Waals surface area contributed by atoms with Gasteiger partial charge in [-0.2, -0.15) is 0 Å². The van der Waals surface area contributed by atoms with E-state index in [1.807, 2.05) is 0 Å². The Hall–Kier alpha value is -2.43. The van der Waals surface area contributed by atoms with Gasteiger partial charge in [-0.3, -0.25) is 9.59 Å². The summed E-state index contributed by atoms with van der Waals surface area (Å²) in [6.07, 6.45) is 1.29. The van der Waals surface area contributed by atoms with Crippen molar-refractivity contribution in [3.8, 4) is 0 Å². The number of carboxylic acid groups (broad SMARTS) is 1. The van der Waals surface area contributed by atoms with Crippen LogP contribution in [0.25, 0.3) is 0 Å². The van der Waals surface area contributed by atoms with Gasteiger partial charge in [-0.25, -0.2) is 9.48 Å². The number of carbonyl (C=O) groups excluding carboxylic acids is 2. The lowest BCUT2D eigenvalue weighted by molar-refractivity contribution is -0.160. The van der Waals surface area contributed by atoms with Crippen LogP contribution in [0, 0.1) is 0 Å². The van der Waals surface area contributed by atoms with Gasteiger partial charge in [0.1, 0.15) is 24.3 Å². The van der Waals surface area contributed by atoms with Crippen LogP contribution < -0.4 is 5.32 Å². The lowest BCUT2D eigenvalue weighted by atomic mass is 9.98. The van der Waals surface area contributed by atoms with E-state index in [-0.39, 0.29) is 6.54 Å². The number of aliphatic carboxylic acids is 1. The number of nitrogens with zero attached hydrogens (tertiary/aromatic N) is 5. The second-order valence-corrected chi connectivity index (χ2v) is 6.00. The minimum atomic E-state index is -1.11. The van der Waals surface area contributed by atoms with Crippen LogP contribution in [0.2, 0.25) is 0 Å². The van der Waals surface area contributed by atoms with Crippen LogP contribution in [0.4, 0.5) is 0 Å². The molecule has 0 radical (unpaired) electrons. The van der Waals surface area contributed by atoms with Crippen molar-refractivity contribution < 1.29 is 19.5 Å². The van der Waals surface area contributed by atoms with Gasteiger partial charge in [-0.1, -0.05) is 6.58 Å². The van der Waals surface area contributed by atoms with E-state index in [0.717, 1.165) is 0 Å². The maximum Gasteiger partial charge on any atom is 0.330 e. The molecule has 2 saturated heterocycles. The number of rotatable bonds is 4. The second-order valence-electron chi connectivity index (χ2n) is 4.90. The number of amides is 2. The van der Waals surface area contributed by atoms with Gasteiger partial charge in [0, 0.05) is 5.75 Å². The first-order chi connectivity index (χ1) is 10.5. The van der Waals surface area contributed by atoms with Gasteiger partial charge in [-0.15, -0.1) is 16.9 Å². The SMILES string of the molecule is C=C1CS[C@H]2C(NC(=O)Cn3cnnn3)C(=O)N2C1C(=O)O. The van der Waals surface area contributed by atoms with Gasteiger partial charge in [0.05, 0.1) is 0 Å². The Balaban J connectivity index is 1.65. The number of carboxylic acids is 1. The third kappa shape index (κ3) is 2.32. The highest BCUT2D eigenvalue weighted by atomic mass is 32.2. The Labute approximate surface area is 128 Å². The maximum absolute atomic E-state index is 12.1. The highest BCUT2D eigenvalue weighted by Crippen LogP contribution is 2.39. The van der Waals surface area contributed by atoms with E-state index in [2.05, 4.69) is 27.4 Å². The summed E-state index contributed by atoms with van der Waals surface area (Å²) in [5.74, 6) is -1.51. The summed E-state index contributed by atoms with van der Waals surface area (Å²) >= 11 is 1.38. The number of carbonyl (C=O) groups is 3. The molecule has 2 fully saturated rings. The summed E-state index contributed by atoms with van der Waals surface area (Å²) < 4.78 is 1.23. The van der Waals surface area contributed by atoms with Crippen molar-refractivity contribution in [3.63, 3.8) is 0 Å². The third-order valence-corrected chi connectivity index (χ3v) is 4.81. The molecule has 0 aromatic carbocycles. The summed E-state index contributed by atoms with van der Waals surface area (Å²) in [5.41, 5.74) is 0.473. The van der Waals surface area contributed by atoms with E-state index in [4.69, 9.17) is 0 Å². The first-order valence-electron chi connectivity index (χ1n) is 6.33. The Bertz CT molecular complexity index is 647. The number of aromatic nitrogens is 4. The zero-order valence-electron chi connectivity index (χ0n) is 11.2. The minimum absolute atomic E-state index is 0.108. The van der Waals surface area contributed by atoms with Crippen LogP contribution in [0.1, 0.15) is 0 Å². The molecule has 0 spiro atoms. The lowest BCUT2D eigenvalue weighted by Gasteiger charge is -2.52. The molecule has 2 amide bonds. The van der Waals surface area contributed by atoms with Crippen LogP contribution in [-0.4, -0.2) is 71.2 Å². The van der Waals surface area contributed by atoms with Crippen molar-refractivity contribution in [1.82, 2.24) is 30.4 Å². The van der Waals surface area contributed by atoms with Gasteiger partial charge in [0.15, 0.2) is 6.04 Å². The molecule has 11 heteroatoms. The summed E-state index contributed by atoms with van der Waals surface area (Å²) in [6, 6.07) is -1.75. The predicted molar refractivity (Wildman–Crippen MR) is 73.4 cm³/mol. The molecule has 0 aliphatic carbocycles. The number of tetrazole rings is 1. The monoisotopic (exact) mass is 324 g/mol. The molecule has 2 aliphatic rings. The Morgan fingerprint density at radius 3 is 2.95 bits per heavy atom. The van der Waals surface area contributed by atoms with Gasteiger partial charge in [-0.05, 0) is 16.0 Å². The molecule has 3 atom stereocenters. The molecule has 116 valence electrons. The zero-order valence-corrected chi connectivity index (χ0v) is 12.1. The number of nitrogens with one attached hydrogen (secondary N) is 1. The number of thioether (sulfide) groups is 1. The molecule has 1 aromatic heterocycles. The highest BCUT2D eigenvalue weighted by Gasteiger charge is 2.56. The first-order valence-corrected chi connectivity index (χ1v) is 7.38. The summed E-state index contributed by atoms with van der Waals surface area (Å²) in [6.45, 7) is 3.59. The van der Waals surface area contributed by atoms with Gasteiger partial charge in [0.25, 0.3) is 0 Å². The van der Waals surface area contributed by atoms with E-state index in [9.17, 15) is 19.5 Å². The van der Waals surface area contributed by atoms with Gasteiger partial charge >= 0.3 is 5.97 Å². The van der Waals surface area contributed by atoms with Gasteiger partial charge < -0.3 is 15.3 Å². The predicted octanol–water partition coefficient (Wildman–Crippen LogP) is -1.92. The standard InChI is InChI=1S/C11H12N6O4S/c1-5-3-22-10-7(9(19)17(10)8(5)11(20)21)13-6(18)2-16-4-12-14-15-16/h4,7-8,10H,1-3H2,(H,13,18)(H,20,21)/t7?,8?,10-/m0/s1. The van der Waals surface area contributed by atoms with E-state index < -0.39 is 35.2 Å². The second kappa shape index (κ2) is 5.40. The smallest absolute Gasteiger partial charge is 0.330 e. The molecule has 1 aromatic rings. The van der Waals surface area contributed by atoms with Crippen molar-refractivity contribution in [3.05, 3.63) is 18.5 Å². The van der Waals surface area contributed by atoms with Crippen LogP contribution in [0.3, 0.4) is 0 Å². The Morgan fingerprint density at radius 2 is 2.32 bits per heavy atom. The molecule has 0 bridgehead atoms. The topological polar surface area (TPSA) is 130 Å². The summed E-state index contributed by atoms with van der Waals surface area (Å²) in [7, 11) is 0. The molecule has 2 N–H and O–H groups in total. The molecule has 2 unspecified atom stereocenters. The van der Waals surface area contributed by atoms with E-state index >= 15 is 0 Å². The van der Waals surface area contributed by atoms with Crippen molar-refractivity contribution in [2.75, 3.05) is 5.75 Å². The quantitative estimate of drug-likeness (QED) is 0.484. The maximum atomic E-state index is 12.1. The summed E-state index contributed by atoms with van der Waals surface area (Å²) in [5, 5.41) is 21.8. The highest BCUT2D eigenvalue weighted by molar-refractivity contribution is 8.00. The van der Waals surface area contributed by atoms with Crippen molar-refractivity contribution in [2.45, 2.75) is 24.0 Å². The van der Waals surface area contributed by atoms with Crippen LogP contribution in [0.5, 0.6) is 0 Å². The molecule has 0 saturated carbocycles. The number of fused-ring (bicyclic) bond motifs is 1. The molecule has 2 aliphatic heterocycles.